The van der Waals surface area contributed by atoms with E-state index >= 15 is 0 Å². The summed E-state index contributed by atoms with van der Waals surface area (Å²) >= 11 is 0. The topological polar surface area (TPSA) is 17.1 Å². The molecule has 0 aliphatic heterocycles. The smallest absolute Gasteiger partial charge is 0.130 e. The van der Waals surface area contributed by atoms with Crippen LogP contribution in [-0.2, 0) is 4.79 Å². The molecule has 0 atom stereocenters. The second-order valence-electron chi connectivity index (χ2n) is 5.28. The minimum atomic E-state index is 0.165. The van der Waals surface area contributed by atoms with Crippen LogP contribution in [0.1, 0.15) is 41.5 Å². The standard InChI is InChI=1S/C18H20O/c1-13-4-8-16(9-5-13)18(12-15(3)19)17-10-6-14(2)7-11-17/h4-11,18H,12H2,1-3H3. The zero-order valence-electron chi connectivity index (χ0n) is 11.8. The maximum absolute atomic E-state index is 11.5. The van der Waals surface area contributed by atoms with Crippen LogP contribution in [0.4, 0.5) is 0 Å². The molecule has 0 saturated carbocycles. The maximum atomic E-state index is 11.5. The van der Waals surface area contributed by atoms with Gasteiger partial charge >= 0.3 is 0 Å². The van der Waals surface area contributed by atoms with Crippen LogP contribution in [0.15, 0.2) is 48.5 Å². The Hall–Kier alpha value is -1.89. The Labute approximate surface area is 115 Å². The third kappa shape index (κ3) is 3.54. The van der Waals surface area contributed by atoms with Crippen LogP contribution < -0.4 is 0 Å². The minimum Gasteiger partial charge on any atom is -0.300 e. The first-order chi connectivity index (χ1) is 9.06. The first-order valence-electron chi connectivity index (χ1n) is 6.69. The molecule has 0 spiro atoms. The number of ketones is 1. The van der Waals surface area contributed by atoms with Gasteiger partial charge in [-0.25, -0.2) is 0 Å². The molecular formula is C18H20O. The largest absolute Gasteiger partial charge is 0.300 e. The highest BCUT2D eigenvalue weighted by molar-refractivity contribution is 5.77. The summed E-state index contributed by atoms with van der Waals surface area (Å²) in [4.78, 5) is 11.5. The van der Waals surface area contributed by atoms with Gasteiger partial charge in [0.1, 0.15) is 5.78 Å². The van der Waals surface area contributed by atoms with Crippen molar-refractivity contribution in [2.75, 3.05) is 0 Å². The number of hydrogen-bond acceptors (Lipinski definition) is 1. The molecule has 2 aromatic carbocycles. The van der Waals surface area contributed by atoms with E-state index in [1.165, 1.54) is 22.3 Å². The summed E-state index contributed by atoms with van der Waals surface area (Å²) in [5, 5.41) is 0. The Morgan fingerprint density at radius 1 is 0.842 bits per heavy atom. The zero-order chi connectivity index (χ0) is 13.8. The molecule has 0 aromatic heterocycles. The van der Waals surface area contributed by atoms with E-state index in [2.05, 4.69) is 62.4 Å². The van der Waals surface area contributed by atoms with Crippen molar-refractivity contribution >= 4 is 5.78 Å². The highest BCUT2D eigenvalue weighted by Crippen LogP contribution is 2.28. The zero-order valence-corrected chi connectivity index (χ0v) is 11.8. The van der Waals surface area contributed by atoms with Crippen molar-refractivity contribution in [2.45, 2.75) is 33.1 Å². The third-order valence-corrected chi connectivity index (χ3v) is 3.45. The van der Waals surface area contributed by atoms with E-state index in [1.807, 2.05) is 0 Å². The molecule has 0 unspecified atom stereocenters. The molecule has 0 heterocycles. The molecule has 19 heavy (non-hydrogen) atoms. The predicted molar refractivity (Wildman–Crippen MR) is 79.5 cm³/mol. The van der Waals surface area contributed by atoms with Crippen LogP contribution in [0.5, 0.6) is 0 Å². The highest BCUT2D eigenvalue weighted by Gasteiger charge is 2.16. The number of hydrogen-bond donors (Lipinski definition) is 0. The molecule has 0 fully saturated rings. The molecule has 1 heteroatoms. The van der Waals surface area contributed by atoms with Gasteiger partial charge in [-0.2, -0.15) is 0 Å². The second kappa shape index (κ2) is 5.83. The molecule has 0 amide bonds. The Morgan fingerprint density at radius 3 is 1.53 bits per heavy atom. The van der Waals surface area contributed by atoms with E-state index in [4.69, 9.17) is 0 Å². The van der Waals surface area contributed by atoms with Crippen molar-refractivity contribution in [3.05, 3.63) is 70.8 Å². The average molecular weight is 252 g/mol. The SMILES string of the molecule is CC(=O)CC(c1ccc(C)cc1)c1ccc(C)cc1. The van der Waals surface area contributed by atoms with Crippen LogP contribution in [0.2, 0.25) is 0 Å². The van der Waals surface area contributed by atoms with Gasteiger partial charge in [-0.3, -0.25) is 4.79 Å². The van der Waals surface area contributed by atoms with Crippen molar-refractivity contribution in [1.29, 1.82) is 0 Å². The first kappa shape index (κ1) is 13.5. The summed E-state index contributed by atoms with van der Waals surface area (Å²) < 4.78 is 0. The van der Waals surface area contributed by atoms with Crippen molar-refractivity contribution < 1.29 is 4.79 Å². The summed E-state index contributed by atoms with van der Waals surface area (Å²) in [6, 6.07) is 16.9. The van der Waals surface area contributed by atoms with Crippen LogP contribution in [0.25, 0.3) is 0 Å². The Morgan fingerprint density at radius 2 is 1.21 bits per heavy atom. The second-order valence-corrected chi connectivity index (χ2v) is 5.28. The van der Waals surface area contributed by atoms with Gasteiger partial charge in [0, 0.05) is 12.3 Å². The molecule has 98 valence electrons. The van der Waals surface area contributed by atoms with Gasteiger partial charge in [0.05, 0.1) is 0 Å². The fourth-order valence-electron chi connectivity index (χ4n) is 2.31. The van der Waals surface area contributed by atoms with E-state index < -0.39 is 0 Å². The van der Waals surface area contributed by atoms with Gasteiger partial charge in [0.2, 0.25) is 0 Å². The molecule has 0 radical (unpaired) electrons. The molecule has 2 aromatic rings. The predicted octanol–water partition coefficient (Wildman–Crippen LogP) is 4.41. The lowest BCUT2D eigenvalue weighted by molar-refractivity contribution is -0.117. The van der Waals surface area contributed by atoms with E-state index in [1.54, 1.807) is 6.92 Å². The Balaban J connectivity index is 2.37. The monoisotopic (exact) mass is 252 g/mol. The van der Waals surface area contributed by atoms with Gasteiger partial charge in [0.15, 0.2) is 0 Å². The van der Waals surface area contributed by atoms with E-state index in [0.29, 0.717) is 6.42 Å². The normalized spacial score (nSPS) is 10.7. The van der Waals surface area contributed by atoms with Crippen molar-refractivity contribution in [1.82, 2.24) is 0 Å². The number of rotatable bonds is 4. The fourth-order valence-corrected chi connectivity index (χ4v) is 2.31. The number of Topliss-reactive ketones (excluding diaryl/α,β-unsaturated/α-hetero) is 1. The number of carbonyl (C=O) groups is 1. The van der Waals surface area contributed by atoms with E-state index in [9.17, 15) is 4.79 Å². The summed E-state index contributed by atoms with van der Waals surface area (Å²) in [6.07, 6.45) is 0.562. The van der Waals surface area contributed by atoms with Crippen LogP contribution in [0, 0.1) is 13.8 Å². The molecule has 0 bridgehead atoms. The summed E-state index contributed by atoms with van der Waals surface area (Å²) in [7, 11) is 0. The van der Waals surface area contributed by atoms with Gasteiger partial charge in [-0.1, -0.05) is 59.7 Å². The van der Waals surface area contributed by atoms with Crippen LogP contribution >= 0.6 is 0 Å². The lowest BCUT2D eigenvalue weighted by Crippen LogP contribution is -2.06. The van der Waals surface area contributed by atoms with E-state index in [-0.39, 0.29) is 11.7 Å². The van der Waals surface area contributed by atoms with Crippen molar-refractivity contribution in [3.63, 3.8) is 0 Å². The van der Waals surface area contributed by atoms with E-state index in [0.717, 1.165) is 0 Å². The van der Waals surface area contributed by atoms with Gasteiger partial charge < -0.3 is 0 Å². The van der Waals surface area contributed by atoms with Gasteiger partial charge in [-0.15, -0.1) is 0 Å². The van der Waals surface area contributed by atoms with Crippen molar-refractivity contribution in [2.24, 2.45) is 0 Å². The maximum Gasteiger partial charge on any atom is 0.130 e. The lowest BCUT2D eigenvalue weighted by atomic mass is 9.86. The number of carbonyl (C=O) groups excluding carboxylic acids is 1. The van der Waals surface area contributed by atoms with Gasteiger partial charge in [0.25, 0.3) is 0 Å². The molecule has 0 N–H and O–H groups in total. The van der Waals surface area contributed by atoms with Crippen molar-refractivity contribution in [3.8, 4) is 0 Å². The summed E-state index contributed by atoms with van der Waals surface area (Å²) in [6.45, 7) is 5.82. The quantitative estimate of drug-likeness (QED) is 0.787. The first-order valence-corrected chi connectivity index (χ1v) is 6.69. The molecule has 0 aliphatic rings. The Kier molecular flexibility index (Phi) is 4.16. The fraction of sp³-hybridized carbons (Fsp3) is 0.278. The molecular weight excluding hydrogens is 232 g/mol. The highest BCUT2D eigenvalue weighted by atomic mass is 16.1. The number of benzene rings is 2. The van der Waals surface area contributed by atoms with Gasteiger partial charge in [-0.05, 0) is 31.9 Å². The number of aryl methyl sites for hydroxylation is 2. The molecule has 0 aliphatic carbocycles. The molecule has 0 saturated heterocycles. The Bertz CT molecular complexity index is 504. The minimum absolute atomic E-state index is 0.165. The third-order valence-electron chi connectivity index (χ3n) is 3.45. The summed E-state index contributed by atoms with van der Waals surface area (Å²) in [5.74, 6) is 0.393. The summed E-state index contributed by atoms with van der Waals surface area (Å²) in [5.41, 5.74) is 4.91. The molecule has 1 nitrogen and oxygen atoms in total. The average Bonchev–Trinajstić information content (AvgIpc) is 2.38. The van der Waals surface area contributed by atoms with Crippen LogP contribution in [-0.4, -0.2) is 5.78 Å². The lowest BCUT2D eigenvalue weighted by Gasteiger charge is -2.17. The van der Waals surface area contributed by atoms with Crippen LogP contribution in [0.3, 0.4) is 0 Å². The molecule has 2 rings (SSSR count).